The number of methoxy groups -OCH3 is 1. The van der Waals surface area contributed by atoms with Crippen molar-refractivity contribution < 1.29 is 27.4 Å². The highest BCUT2D eigenvalue weighted by molar-refractivity contribution is 5.94. The Morgan fingerprint density at radius 1 is 1.11 bits per heavy atom. The van der Waals surface area contributed by atoms with Gasteiger partial charge >= 0.3 is 6.18 Å². The molecule has 0 saturated carbocycles. The van der Waals surface area contributed by atoms with Gasteiger partial charge in [0.05, 0.1) is 37.3 Å². The third kappa shape index (κ3) is 5.72. The van der Waals surface area contributed by atoms with Crippen LogP contribution in [0.4, 0.5) is 13.2 Å². The van der Waals surface area contributed by atoms with E-state index in [-0.39, 0.29) is 23.7 Å². The number of alkyl halides is 3. The molecule has 3 aromatic heterocycles. The molecule has 8 nitrogen and oxygen atoms in total. The summed E-state index contributed by atoms with van der Waals surface area (Å²) in [5.41, 5.74) is 0.237. The number of nitrogens with one attached hydrogen (secondary N) is 1. The first kappa shape index (κ1) is 26.0. The second kappa shape index (κ2) is 9.93. The summed E-state index contributed by atoms with van der Waals surface area (Å²) in [6.07, 6.45) is -0.248. The fraction of sp³-hybridized carbons (Fsp3) is 0.417. The van der Waals surface area contributed by atoms with Gasteiger partial charge in [-0.05, 0) is 45.7 Å². The molecule has 3 heterocycles. The van der Waals surface area contributed by atoms with Crippen LogP contribution in [0.15, 0.2) is 30.7 Å². The molecule has 0 bridgehead atoms. The Bertz CT molecular complexity index is 1200. The molecule has 0 atom stereocenters. The van der Waals surface area contributed by atoms with Gasteiger partial charge in [0.2, 0.25) is 5.88 Å². The predicted octanol–water partition coefficient (Wildman–Crippen LogP) is 5.05. The third-order valence-corrected chi connectivity index (χ3v) is 5.23. The molecule has 0 aliphatic carbocycles. The molecular weight excluding hydrogens is 463 g/mol. The van der Waals surface area contributed by atoms with Gasteiger partial charge < -0.3 is 14.8 Å². The van der Waals surface area contributed by atoms with Crippen LogP contribution in [0.5, 0.6) is 17.4 Å². The number of rotatable bonds is 7. The highest BCUT2D eigenvalue weighted by Crippen LogP contribution is 2.44. The molecule has 0 aliphatic heterocycles. The van der Waals surface area contributed by atoms with E-state index in [0.717, 1.165) is 31.5 Å². The summed E-state index contributed by atoms with van der Waals surface area (Å²) in [6, 6.07) is 3.75. The number of nitrogens with zero attached hydrogens (tertiary/aromatic N) is 4. The van der Waals surface area contributed by atoms with Gasteiger partial charge in [0, 0.05) is 11.8 Å². The van der Waals surface area contributed by atoms with Crippen molar-refractivity contribution in [3.63, 3.8) is 0 Å². The fourth-order valence-corrected chi connectivity index (χ4v) is 3.33. The number of ether oxygens (including phenoxy) is 2. The Morgan fingerprint density at radius 3 is 2.34 bits per heavy atom. The zero-order valence-electron chi connectivity index (χ0n) is 20.4. The van der Waals surface area contributed by atoms with Gasteiger partial charge in [-0.2, -0.15) is 18.3 Å². The summed E-state index contributed by atoms with van der Waals surface area (Å²) in [5, 5.41) is 7.14. The number of aromatic nitrogens is 4. The lowest BCUT2D eigenvalue weighted by Crippen LogP contribution is -2.27. The number of hydrogen-bond donors (Lipinski definition) is 1. The van der Waals surface area contributed by atoms with E-state index in [9.17, 15) is 18.0 Å². The van der Waals surface area contributed by atoms with E-state index >= 15 is 0 Å². The maximum Gasteiger partial charge on any atom is 0.423 e. The monoisotopic (exact) mass is 491 g/mol. The molecule has 0 spiro atoms. The minimum absolute atomic E-state index is 0.00590. The molecule has 3 rings (SSSR count). The van der Waals surface area contributed by atoms with Crippen molar-refractivity contribution in [1.29, 1.82) is 0 Å². The van der Waals surface area contributed by atoms with Gasteiger partial charge in [0.1, 0.15) is 5.56 Å². The molecule has 0 saturated heterocycles. The van der Waals surface area contributed by atoms with Crippen LogP contribution in [-0.4, -0.2) is 32.8 Å². The summed E-state index contributed by atoms with van der Waals surface area (Å²) in [6.45, 7) is 9.13. The molecule has 1 N–H and O–H groups in total. The molecule has 35 heavy (non-hydrogen) atoms. The van der Waals surface area contributed by atoms with Crippen molar-refractivity contribution >= 4 is 5.91 Å². The molecule has 0 radical (unpaired) electrons. The first-order valence-electron chi connectivity index (χ1n) is 11.0. The first-order chi connectivity index (χ1) is 16.4. The quantitative estimate of drug-likeness (QED) is 0.498. The summed E-state index contributed by atoms with van der Waals surface area (Å²) < 4.78 is 53.4. The number of carbonyl (C=O) groups is 1. The largest absolute Gasteiger partial charge is 0.494 e. The van der Waals surface area contributed by atoms with E-state index in [2.05, 4.69) is 20.4 Å². The summed E-state index contributed by atoms with van der Waals surface area (Å²) in [4.78, 5) is 21.1. The van der Waals surface area contributed by atoms with Crippen LogP contribution in [-0.2, 0) is 24.7 Å². The molecule has 3 aromatic rings. The molecular formula is C24H28F3N5O3. The zero-order chi connectivity index (χ0) is 26.0. The Labute approximate surface area is 201 Å². The lowest BCUT2D eigenvalue weighted by Gasteiger charge is -2.23. The minimum Gasteiger partial charge on any atom is -0.494 e. The molecule has 0 aliphatic rings. The van der Waals surface area contributed by atoms with Crippen LogP contribution in [0, 0.1) is 6.92 Å². The number of carbonyl (C=O) groups excluding carboxylic acids is 1. The van der Waals surface area contributed by atoms with E-state index < -0.39 is 34.7 Å². The SMILES string of the molecule is CCc1ccc(CNC(=O)c2nn(C(C)(C)C)c(Oc3cncc(OC)c3C(F)(F)F)c2C)nc1. The van der Waals surface area contributed by atoms with Crippen LogP contribution in [0.3, 0.4) is 0 Å². The average Bonchev–Trinajstić information content (AvgIpc) is 3.13. The first-order valence-corrected chi connectivity index (χ1v) is 11.0. The highest BCUT2D eigenvalue weighted by Gasteiger charge is 2.39. The van der Waals surface area contributed by atoms with Gasteiger partial charge in [-0.15, -0.1) is 0 Å². The van der Waals surface area contributed by atoms with Crippen molar-refractivity contribution in [1.82, 2.24) is 25.1 Å². The van der Waals surface area contributed by atoms with Gasteiger partial charge in [-0.3, -0.25) is 14.8 Å². The number of hydrogen-bond acceptors (Lipinski definition) is 6. The van der Waals surface area contributed by atoms with E-state index in [4.69, 9.17) is 9.47 Å². The third-order valence-electron chi connectivity index (χ3n) is 5.23. The van der Waals surface area contributed by atoms with Gasteiger partial charge in [0.15, 0.2) is 17.2 Å². The second-order valence-corrected chi connectivity index (χ2v) is 8.87. The standard InChI is InChI=1S/C24H28F3N5O3/c1-7-15-8-9-16(29-10-15)11-30-21(33)20-14(2)22(32(31-20)23(3,4)5)35-18-13-28-12-17(34-6)19(18)24(25,26)27/h8-10,12-13H,7,11H2,1-6H3,(H,30,33). The molecule has 0 fully saturated rings. The molecule has 0 aromatic carbocycles. The normalized spacial score (nSPS) is 11.9. The molecule has 0 unspecified atom stereocenters. The molecule has 1 amide bonds. The Balaban J connectivity index is 1.96. The van der Waals surface area contributed by atoms with Gasteiger partial charge in [-0.25, -0.2) is 4.68 Å². The Hall–Kier alpha value is -3.63. The summed E-state index contributed by atoms with van der Waals surface area (Å²) >= 11 is 0. The average molecular weight is 492 g/mol. The van der Waals surface area contributed by atoms with Crippen LogP contribution in [0.2, 0.25) is 0 Å². The van der Waals surface area contributed by atoms with Crippen molar-refractivity contribution in [2.45, 2.75) is 59.3 Å². The number of halogens is 3. The maximum atomic E-state index is 13.8. The minimum atomic E-state index is -4.76. The summed E-state index contributed by atoms with van der Waals surface area (Å²) in [7, 11) is 1.12. The van der Waals surface area contributed by atoms with Crippen LogP contribution in [0.1, 0.15) is 60.6 Å². The van der Waals surface area contributed by atoms with Crippen molar-refractivity contribution in [2.24, 2.45) is 0 Å². The number of amides is 1. The van der Waals surface area contributed by atoms with Gasteiger partial charge in [0.25, 0.3) is 5.91 Å². The van der Waals surface area contributed by atoms with Crippen molar-refractivity contribution in [2.75, 3.05) is 7.11 Å². The topological polar surface area (TPSA) is 91.2 Å². The van der Waals surface area contributed by atoms with Crippen LogP contribution < -0.4 is 14.8 Å². The van der Waals surface area contributed by atoms with E-state index in [1.165, 1.54) is 4.68 Å². The fourth-order valence-electron chi connectivity index (χ4n) is 3.33. The molecule has 11 heteroatoms. The van der Waals surface area contributed by atoms with E-state index in [0.29, 0.717) is 5.69 Å². The smallest absolute Gasteiger partial charge is 0.423 e. The summed E-state index contributed by atoms with van der Waals surface area (Å²) in [5.74, 6) is -1.54. The maximum absolute atomic E-state index is 13.8. The van der Waals surface area contributed by atoms with Gasteiger partial charge in [-0.1, -0.05) is 13.0 Å². The second-order valence-electron chi connectivity index (χ2n) is 8.87. The number of aryl methyl sites for hydroxylation is 1. The van der Waals surface area contributed by atoms with Crippen LogP contribution >= 0.6 is 0 Å². The Morgan fingerprint density at radius 2 is 1.80 bits per heavy atom. The number of pyridine rings is 2. The highest BCUT2D eigenvalue weighted by atomic mass is 19.4. The van der Waals surface area contributed by atoms with E-state index in [1.807, 2.05) is 19.1 Å². The van der Waals surface area contributed by atoms with Crippen molar-refractivity contribution in [3.05, 3.63) is 58.8 Å². The zero-order valence-corrected chi connectivity index (χ0v) is 20.4. The van der Waals surface area contributed by atoms with Crippen molar-refractivity contribution in [3.8, 4) is 17.4 Å². The molecule has 188 valence electrons. The predicted molar refractivity (Wildman–Crippen MR) is 123 cm³/mol. The lowest BCUT2D eigenvalue weighted by atomic mass is 10.1. The van der Waals surface area contributed by atoms with Crippen LogP contribution in [0.25, 0.3) is 0 Å². The van der Waals surface area contributed by atoms with E-state index in [1.54, 1.807) is 33.9 Å². The lowest BCUT2D eigenvalue weighted by molar-refractivity contribution is -0.139. The Kier molecular flexibility index (Phi) is 7.37.